The van der Waals surface area contributed by atoms with Crippen molar-refractivity contribution in [3.05, 3.63) is 54.1 Å². The van der Waals surface area contributed by atoms with Gasteiger partial charge >= 0.3 is 6.36 Å². The van der Waals surface area contributed by atoms with Gasteiger partial charge in [-0.25, -0.2) is 0 Å². The standard InChI is InChI=1S/C24H28F3NO/c25-24(26,27)29-23-15-13-22(14-16-23)21-11-9-20(10-12-21)19-7-5-18(6-8-19)4-2-1-3-17-28/h1-4,13-16,18-21H,5-12H2. The Morgan fingerprint density at radius 2 is 1.45 bits per heavy atom. The first-order valence-corrected chi connectivity index (χ1v) is 10.5. The lowest BCUT2D eigenvalue weighted by Crippen LogP contribution is -2.25. The van der Waals surface area contributed by atoms with Gasteiger partial charge in [0.25, 0.3) is 0 Å². The van der Waals surface area contributed by atoms with Crippen molar-refractivity contribution >= 4 is 0 Å². The van der Waals surface area contributed by atoms with Crippen LogP contribution in [0.1, 0.15) is 62.8 Å². The van der Waals surface area contributed by atoms with Gasteiger partial charge in [0.15, 0.2) is 0 Å². The third-order valence-corrected chi connectivity index (χ3v) is 6.51. The van der Waals surface area contributed by atoms with E-state index < -0.39 is 6.36 Å². The van der Waals surface area contributed by atoms with Gasteiger partial charge in [0.2, 0.25) is 0 Å². The minimum absolute atomic E-state index is 0.149. The SMILES string of the molecule is N#CC=CC=CC1CCC(C2CCC(c3ccc(OC(F)(F)F)cc3)CC2)CC1. The van der Waals surface area contributed by atoms with Gasteiger partial charge < -0.3 is 4.74 Å². The summed E-state index contributed by atoms with van der Waals surface area (Å²) in [4.78, 5) is 0. The normalized spacial score (nSPS) is 28.5. The highest BCUT2D eigenvalue weighted by Crippen LogP contribution is 2.44. The third kappa shape index (κ3) is 6.66. The van der Waals surface area contributed by atoms with Crippen LogP contribution in [0.15, 0.2) is 48.6 Å². The van der Waals surface area contributed by atoms with Crippen molar-refractivity contribution in [1.29, 1.82) is 5.26 Å². The van der Waals surface area contributed by atoms with E-state index in [1.165, 1.54) is 56.7 Å². The topological polar surface area (TPSA) is 33.0 Å². The van der Waals surface area contributed by atoms with E-state index in [9.17, 15) is 13.2 Å². The molecule has 0 amide bonds. The predicted molar refractivity (Wildman–Crippen MR) is 107 cm³/mol. The quantitative estimate of drug-likeness (QED) is 0.382. The monoisotopic (exact) mass is 403 g/mol. The zero-order chi connectivity index (χ0) is 20.7. The maximum absolute atomic E-state index is 12.3. The van der Waals surface area contributed by atoms with Crippen LogP contribution in [-0.2, 0) is 0 Å². The van der Waals surface area contributed by atoms with Crippen molar-refractivity contribution < 1.29 is 17.9 Å². The van der Waals surface area contributed by atoms with Crippen LogP contribution in [0.4, 0.5) is 13.2 Å². The molecule has 29 heavy (non-hydrogen) atoms. The fourth-order valence-electron chi connectivity index (χ4n) is 4.99. The number of ether oxygens (including phenoxy) is 1. The number of hydrogen-bond donors (Lipinski definition) is 0. The van der Waals surface area contributed by atoms with E-state index in [1.54, 1.807) is 18.2 Å². The highest BCUT2D eigenvalue weighted by molar-refractivity contribution is 5.30. The number of nitriles is 1. The van der Waals surface area contributed by atoms with Crippen molar-refractivity contribution in [2.24, 2.45) is 17.8 Å². The number of allylic oxidation sites excluding steroid dienone is 4. The fourth-order valence-corrected chi connectivity index (χ4v) is 4.99. The van der Waals surface area contributed by atoms with Crippen LogP contribution in [0.3, 0.4) is 0 Å². The second-order valence-corrected chi connectivity index (χ2v) is 8.28. The van der Waals surface area contributed by atoms with Crippen LogP contribution in [0, 0.1) is 29.1 Å². The van der Waals surface area contributed by atoms with Crippen LogP contribution in [0.2, 0.25) is 0 Å². The molecule has 0 unspecified atom stereocenters. The molecular weight excluding hydrogens is 375 g/mol. The van der Waals surface area contributed by atoms with Crippen LogP contribution in [0.25, 0.3) is 0 Å². The second kappa shape index (κ2) is 10.0. The van der Waals surface area contributed by atoms with Gasteiger partial charge in [-0.1, -0.05) is 30.4 Å². The Hall–Kier alpha value is -2.22. The summed E-state index contributed by atoms with van der Waals surface area (Å²) in [5.74, 6) is 2.50. The Balaban J connectivity index is 1.43. The molecule has 0 bridgehead atoms. The molecule has 0 N–H and O–H groups in total. The third-order valence-electron chi connectivity index (χ3n) is 6.51. The number of nitrogens with zero attached hydrogens (tertiary/aromatic N) is 1. The smallest absolute Gasteiger partial charge is 0.406 e. The Morgan fingerprint density at radius 1 is 0.862 bits per heavy atom. The lowest BCUT2D eigenvalue weighted by Gasteiger charge is -2.37. The summed E-state index contributed by atoms with van der Waals surface area (Å²) in [6.07, 6.45) is 12.5. The van der Waals surface area contributed by atoms with E-state index in [1.807, 2.05) is 12.1 Å². The number of alkyl halides is 3. The van der Waals surface area contributed by atoms with E-state index in [4.69, 9.17) is 5.26 Å². The average molecular weight is 403 g/mol. The first-order chi connectivity index (χ1) is 13.9. The zero-order valence-corrected chi connectivity index (χ0v) is 16.6. The molecule has 1 aromatic rings. The lowest BCUT2D eigenvalue weighted by molar-refractivity contribution is -0.274. The van der Waals surface area contributed by atoms with E-state index in [2.05, 4.69) is 10.8 Å². The summed E-state index contributed by atoms with van der Waals surface area (Å²) in [5, 5.41) is 8.51. The van der Waals surface area contributed by atoms with E-state index >= 15 is 0 Å². The first kappa shape index (κ1) is 21.5. The number of hydrogen-bond acceptors (Lipinski definition) is 2. The molecule has 5 heteroatoms. The summed E-state index contributed by atoms with van der Waals surface area (Å²) < 4.78 is 40.8. The summed E-state index contributed by atoms with van der Waals surface area (Å²) in [6.45, 7) is 0. The molecule has 0 atom stereocenters. The molecule has 0 aliphatic heterocycles. The maximum Gasteiger partial charge on any atom is 0.573 e. The molecule has 2 aliphatic rings. The summed E-state index contributed by atoms with van der Waals surface area (Å²) in [6, 6.07) is 8.42. The fraction of sp³-hybridized carbons (Fsp3) is 0.542. The molecule has 1 aromatic carbocycles. The van der Waals surface area contributed by atoms with Gasteiger partial charge in [-0.05, 0) is 92.7 Å². The molecule has 156 valence electrons. The average Bonchev–Trinajstić information content (AvgIpc) is 2.71. The molecule has 0 saturated heterocycles. The summed E-state index contributed by atoms with van der Waals surface area (Å²) in [7, 11) is 0. The molecule has 2 saturated carbocycles. The molecule has 2 fully saturated rings. The molecule has 2 aliphatic carbocycles. The molecule has 0 aromatic heterocycles. The Morgan fingerprint density at radius 3 is 2.00 bits per heavy atom. The van der Waals surface area contributed by atoms with Crippen molar-refractivity contribution in [3.8, 4) is 11.8 Å². The number of rotatable bonds is 5. The Labute approximate surface area is 171 Å². The maximum atomic E-state index is 12.3. The Bertz CT molecular complexity index is 729. The molecular formula is C24H28F3NO. The van der Waals surface area contributed by atoms with Gasteiger partial charge in [-0.15, -0.1) is 13.2 Å². The Kier molecular flexibility index (Phi) is 7.41. The van der Waals surface area contributed by atoms with Crippen molar-refractivity contribution in [1.82, 2.24) is 0 Å². The minimum atomic E-state index is -4.64. The minimum Gasteiger partial charge on any atom is -0.406 e. The second-order valence-electron chi connectivity index (χ2n) is 8.28. The van der Waals surface area contributed by atoms with Gasteiger partial charge in [0.1, 0.15) is 5.75 Å². The number of halogens is 3. The summed E-state index contributed by atoms with van der Waals surface area (Å²) >= 11 is 0. The first-order valence-electron chi connectivity index (χ1n) is 10.5. The van der Waals surface area contributed by atoms with Crippen LogP contribution in [0.5, 0.6) is 5.75 Å². The largest absolute Gasteiger partial charge is 0.573 e. The van der Waals surface area contributed by atoms with Crippen LogP contribution >= 0.6 is 0 Å². The van der Waals surface area contributed by atoms with Gasteiger partial charge in [-0.2, -0.15) is 5.26 Å². The van der Waals surface area contributed by atoms with Crippen molar-refractivity contribution in [3.63, 3.8) is 0 Å². The highest BCUT2D eigenvalue weighted by Gasteiger charge is 2.32. The lowest BCUT2D eigenvalue weighted by atomic mass is 9.68. The molecule has 0 heterocycles. The summed E-state index contributed by atoms with van der Waals surface area (Å²) in [5.41, 5.74) is 1.12. The number of benzene rings is 1. The van der Waals surface area contributed by atoms with Gasteiger partial charge in [0.05, 0.1) is 6.07 Å². The molecule has 0 spiro atoms. The molecule has 3 rings (SSSR count). The van der Waals surface area contributed by atoms with E-state index in [0.29, 0.717) is 11.8 Å². The van der Waals surface area contributed by atoms with E-state index in [0.717, 1.165) is 30.2 Å². The van der Waals surface area contributed by atoms with Crippen molar-refractivity contribution in [2.45, 2.75) is 63.6 Å². The van der Waals surface area contributed by atoms with Crippen LogP contribution in [-0.4, -0.2) is 6.36 Å². The predicted octanol–water partition coefficient (Wildman–Crippen LogP) is 7.30. The van der Waals surface area contributed by atoms with Crippen molar-refractivity contribution in [2.75, 3.05) is 0 Å². The highest BCUT2D eigenvalue weighted by atomic mass is 19.4. The molecule has 0 radical (unpaired) electrons. The molecule has 2 nitrogen and oxygen atoms in total. The van der Waals surface area contributed by atoms with Gasteiger partial charge in [-0.3, -0.25) is 0 Å². The van der Waals surface area contributed by atoms with E-state index in [-0.39, 0.29) is 5.75 Å². The zero-order valence-electron chi connectivity index (χ0n) is 16.6. The van der Waals surface area contributed by atoms with Crippen LogP contribution < -0.4 is 4.74 Å². The van der Waals surface area contributed by atoms with Gasteiger partial charge in [0, 0.05) is 6.08 Å².